The van der Waals surface area contributed by atoms with Crippen molar-refractivity contribution in [3.05, 3.63) is 27.8 Å². The Balaban J connectivity index is 2.72. The van der Waals surface area contributed by atoms with Crippen LogP contribution >= 0.6 is 15.9 Å². The number of anilines is 1. The second-order valence-electron chi connectivity index (χ2n) is 7.64. The van der Waals surface area contributed by atoms with Crippen LogP contribution in [0.3, 0.4) is 0 Å². The number of likely N-dealkylation sites (N-methyl/N-ethyl adjacent to an activating group) is 1. The number of sulfonamides is 1. The topological polar surface area (TPSA) is 130 Å². The number of non-ortho nitro benzene ring substituents is 1. The fraction of sp³-hybridized carbons (Fsp3) is 0.667. The average molecular weight is 611 g/mol. The Kier molecular flexibility index (Phi) is 9.91. The molecule has 2 rings (SSSR count). The van der Waals surface area contributed by atoms with E-state index >= 15 is 0 Å². The number of nitrogens with zero attached hydrogens (tertiary/aromatic N) is 4. The summed E-state index contributed by atoms with van der Waals surface area (Å²) in [5, 5.41) is 11.5. The quantitative estimate of drug-likeness (QED) is 0.160. The smallest absolute Gasteiger partial charge is 0.367 e. The largest absolute Gasteiger partial charge is 0.418 e. The number of hydrogen-bond acceptors (Lipinski definition) is 9. The Morgan fingerprint density at radius 1 is 1.14 bits per heavy atom. The summed E-state index contributed by atoms with van der Waals surface area (Å²) in [7, 11) is -8.51. The van der Waals surface area contributed by atoms with Crippen molar-refractivity contribution in [2.45, 2.75) is 18.0 Å². The molecule has 1 aromatic carbocycles. The monoisotopic (exact) mass is 610 g/mol. The maximum Gasteiger partial charge on any atom is 0.418 e. The van der Waals surface area contributed by atoms with Crippen molar-refractivity contribution >= 4 is 47.4 Å². The lowest BCUT2D eigenvalue weighted by Gasteiger charge is -2.35. The number of alkyl halides is 4. The minimum absolute atomic E-state index is 0.00467. The van der Waals surface area contributed by atoms with E-state index in [1.54, 1.807) is 0 Å². The maximum absolute atomic E-state index is 14.1. The van der Waals surface area contributed by atoms with E-state index in [9.17, 15) is 40.1 Å². The zero-order valence-electron chi connectivity index (χ0n) is 19.0. The molecule has 0 aromatic heterocycles. The first-order valence-electron chi connectivity index (χ1n) is 10.4. The van der Waals surface area contributed by atoms with E-state index in [2.05, 4.69) is 20.1 Å². The van der Waals surface area contributed by atoms with Gasteiger partial charge in [0, 0.05) is 56.7 Å². The Hall–Kier alpha value is -1.53. The predicted octanol–water partition coefficient (Wildman–Crippen LogP) is 2.12. The van der Waals surface area contributed by atoms with Crippen LogP contribution in [0.4, 0.5) is 24.5 Å². The molecule has 0 aliphatic carbocycles. The Morgan fingerprint density at radius 2 is 1.74 bits per heavy atom. The molecule has 0 radical (unpaired) electrons. The number of nitro benzene ring substituents is 1. The third kappa shape index (κ3) is 7.72. The molecule has 0 unspecified atom stereocenters. The van der Waals surface area contributed by atoms with Gasteiger partial charge in [0.05, 0.1) is 29.0 Å². The summed E-state index contributed by atoms with van der Waals surface area (Å²) in [6.07, 6.45) is -4.38. The maximum atomic E-state index is 14.1. The van der Waals surface area contributed by atoms with Gasteiger partial charge in [-0.1, -0.05) is 22.9 Å². The van der Waals surface area contributed by atoms with E-state index in [1.165, 1.54) is 0 Å². The van der Waals surface area contributed by atoms with Gasteiger partial charge in [0.2, 0.25) is 10.0 Å². The summed E-state index contributed by atoms with van der Waals surface area (Å²) in [4.78, 5) is 12.4. The zero-order chi connectivity index (χ0) is 26.6. The Labute approximate surface area is 210 Å². The van der Waals surface area contributed by atoms with Crippen molar-refractivity contribution < 1.29 is 39.1 Å². The minimum atomic E-state index is -5.14. The van der Waals surface area contributed by atoms with E-state index < -0.39 is 66.2 Å². The summed E-state index contributed by atoms with van der Waals surface area (Å²) in [5.41, 5.74) is -3.34. The molecule has 17 heteroatoms. The molecule has 0 spiro atoms. The van der Waals surface area contributed by atoms with Crippen LogP contribution < -0.4 is 4.90 Å². The second kappa shape index (κ2) is 11.7. The van der Waals surface area contributed by atoms with E-state index in [-0.39, 0.29) is 31.0 Å². The van der Waals surface area contributed by atoms with Gasteiger partial charge in [-0.05, 0) is 6.54 Å². The molecular formula is C18H26BrF3N4O7S2. The van der Waals surface area contributed by atoms with Gasteiger partial charge >= 0.3 is 6.18 Å². The van der Waals surface area contributed by atoms with E-state index in [4.69, 9.17) is 0 Å². The van der Waals surface area contributed by atoms with Crippen molar-refractivity contribution in [1.82, 2.24) is 9.21 Å². The van der Waals surface area contributed by atoms with Crippen LogP contribution in [0.1, 0.15) is 12.5 Å². The molecule has 35 heavy (non-hydrogen) atoms. The third-order valence-corrected chi connectivity index (χ3v) is 8.16. The molecule has 200 valence electrons. The molecule has 1 saturated heterocycles. The number of halogens is 4. The lowest BCUT2D eigenvalue weighted by molar-refractivity contribution is -0.385. The van der Waals surface area contributed by atoms with Crippen LogP contribution in [0.2, 0.25) is 0 Å². The Bertz CT molecular complexity index is 1130. The van der Waals surface area contributed by atoms with Gasteiger partial charge < -0.3 is 9.80 Å². The molecule has 1 aliphatic heterocycles. The van der Waals surface area contributed by atoms with Crippen molar-refractivity contribution in [1.29, 1.82) is 0 Å². The van der Waals surface area contributed by atoms with Crippen LogP contribution in [0.15, 0.2) is 17.0 Å². The average Bonchev–Trinajstić information content (AvgIpc) is 2.76. The van der Waals surface area contributed by atoms with Gasteiger partial charge in [-0.25, -0.2) is 8.42 Å². The van der Waals surface area contributed by atoms with E-state index in [1.807, 2.05) is 11.8 Å². The fourth-order valence-electron chi connectivity index (χ4n) is 3.60. The Morgan fingerprint density at radius 3 is 2.20 bits per heavy atom. The van der Waals surface area contributed by atoms with Gasteiger partial charge in [-0.2, -0.15) is 25.9 Å². The first-order chi connectivity index (χ1) is 16.1. The number of rotatable bonds is 11. The highest BCUT2D eigenvalue weighted by atomic mass is 79.9. The van der Waals surface area contributed by atoms with Crippen molar-refractivity contribution in [3.8, 4) is 0 Å². The predicted molar refractivity (Wildman–Crippen MR) is 126 cm³/mol. The molecule has 0 N–H and O–H groups in total. The standard InChI is InChI=1S/C18H26BrF3N4O7S2/c1-3-23-6-8-25(9-7-23)35(31,32)16-13-14(26(27)28)12-15(18(20,21)22)17(16)24(5-4-19)10-11-33-34(2,29)30/h12-13H,3-11H2,1-2H3. The van der Waals surface area contributed by atoms with E-state index in [0.717, 1.165) is 15.5 Å². The molecule has 1 heterocycles. The number of hydrogen-bond donors (Lipinski definition) is 0. The fourth-order valence-corrected chi connectivity index (χ4v) is 6.08. The highest BCUT2D eigenvalue weighted by molar-refractivity contribution is 9.09. The first kappa shape index (κ1) is 29.7. The van der Waals surface area contributed by atoms with Crippen LogP contribution in [0, 0.1) is 10.1 Å². The summed E-state index contributed by atoms with van der Waals surface area (Å²) < 4.78 is 97.7. The van der Waals surface area contributed by atoms with Crippen LogP contribution in [-0.2, 0) is 30.5 Å². The third-order valence-electron chi connectivity index (χ3n) is 5.30. The molecule has 1 fully saturated rings. The summed E-state index contributed by atoms with van der Waals surface area (Å²) in [5.74, 6) is 0. The lowest BCUT2D eigenvalue weighted by atomic mass is 10.1. The summed E-state index contributed by atoms with van der Waals surface area (Å²) in [6, 6.07) is 0.896. The number of piperazine rings is 1. The number of nitro groups is 1. The van der Waals surface area contributed by atoms with Crippen molar-refractivity contribution in [2.75, 3.05) is 68.9 Å². The first-order valence-corrected chi connectivity index (χ1v) is 14.8. The molecule has 1 aliphatic rings. The zero-order valence-corrected chi connectivity index (χ0v) is 22.2. The molecule has 0 saturated carbocycles. The van der Waals surface area contributed by atoms with Crippen LogP contribution in [0.5, 0.6) is 0 Å². The summed E-state index contributed by atoms with van der Waals surface area (Å²) >= 11 is 3.10. The molecule has 0 amide bonds. The molecule has 1 aromatic rings. The van der Waals surface area contributed by atoms with Gasteiger partial charge in [-0.15, -0.1) is 0 Å². The molecule has 0 atom stereocenters. The molecular weight excluding hydrogens is 585 g/mol. The second-order valence-corrected chi connectivity index (χ2v) is 12.0. The van der Waals surface area contributed by atoms with Gasteiger partial charge in [0.25, 0.3) is 15.8 Å². The normalized spacial score (nSPS) is 16.4. The SMILES string of the molecule is CCN1CCN(S(=O)(=O)c2cc([N+](=O)[O-])cc(C(F)(F)F)c2N(CCBr)CCOS(C)(=O)=O)CC1. The van der Waals surface area contributed by atoms with Crippen LogP contribution in [-0.4, -0.2) is 95.0 Å². The number of benzene rings is 1. The van der Waals surface area contributed by atoms with Gasteiger partial charge in [0.15, 0.2) is 0 Å². The van der Waals surface area contributed by atoms with Crippen molar-refractivity contribution in [2.24, 2.45) is 0 Å². The summed E-state index contributed by atoms with van der Waals surface area (Å²) in [6.45, 7) is 2.08. The molecule has 11 nitrogen and oxygen atoms in total. The lowest BCUT2D eigenvalue weighted by Crippen LogP contribution is -2.48. The molecule has 0 bridgehead atoms. The highest BCUT2D eigenvalue weighted by Crippen LogP contribution is 2.43. The highest BCUT2D eigenvalue weighted by Gasteiger charge is 2.42. The van der Waals surface area contributed by atoms with Crippen molar-refractivity contribution in [3.63, 3.8) is 0 Å². The van der Waals surface area contributed by atoms with Gasteiger partial charge in [0.1, 0.15) is 4.90 Å². The van der Waals surface area contributed by atoms with Gasteiger partial charge in [-0.3, -0.25) is 14.3 Å². The van der Waals surface area contributed by atoms with E-state index in [0.29, 0.717) is 25.7 Å². The minimum Gasteiger partial charge on any atom is -0.367 e. The van der Waals surface area contributed by atoms with Crippen LogP contribution in [0.25, 0.3) is 0 Å².